The predicted octanol–water partition coefficient (Wildman–Crippen LogP) is 1.94. The van der Waals surface area contributed by atoms with E-state index in [4.69, 9.17) is 0 Å². The van der Waals surface area contributed by atoms with Crippen LogP contribution in [0.2, 0.25) is 0 Å². The van der Waals surface area contributed by atoms with Gasteiger partial charge in [-0.05, 0) is 25.1 Å². The molecule has 102 valence electrons. The Hall–Kier alpha value is -2.63. The number of para-hydroxylation sites is 1. The van der Waals surface area contributed by atoms with Crippen molar-refractivity contribution >= 4 is 17.0 Å². The van der Waals surface area contributed by atoms with E-state index in [1.54, 1.807) is 18.3 Å². The first kappa shape index (κ1) is 12.4. The quantitative estimate of drug-likeness (QED) is 0.786. The zero-order valence-electron chi connectivity index (χ0n) is 11.0. The second-order valence-electron chi connectivity index (χ2n) is 4.56. The molecule has 0 radical (unpaired) electrons. The molecule has 1 N–H and O–H groups in total. The lowest BCUT2D eigenvalue weighted by atomic mass is 10.2. The fourth-order valence-electron chi connectivity index (χ4n) is 2.35. The summed E-state index contributed by atoms with van der Waals surface area (Å²) < 4.78 is 3.86. The lowest BCUT2D eigenvalue weighted by molar-refractivity contribution is 0.0699. The summed E-state index contributed by atoms with van der Waals surface area (Å²) in [5, 5.41) is 13.4. The van der Waals surface area contributed by atoms with Crippen LogP contribution in [0, 0.1) is 6.92 Å². The van der Waals surface area contributed by atoms with Gasteiger partial charge in [0.05, 0.1) is 17.6 Å². The van der Waals surface area contributed by atoms with Gasteiger partial charge in [-0.25, -0.2) is 9.78 Å². The molecule has 0 spiro atoms. The molecule has 0 bridgehead atoms. The highest BCUT2D eigenvalue weighted by Crippen LogP contribution is 2.20. The standard InChI is InChI=1S/C14H14N4O2/c1-10-16-13-11(14(19)20)4-2-5-12(13)18(10)9-8-17-7-3-6-15-17/h2-7H,8-9H2,1H3,(H,19,20). The molecule has 3 aromatic rings. The highest BCUT2D eigenvalue weighted by Gasteiger charge is 2.14. The number of fused-ring (bicyclic) bond motifs is 1. The van der Waals surface area contributed by atoms with Crippen molar-refractivity contribution in [2.24, 2.45) is 0 Å². The number of carboxylic acid groups (broad SMARTS) is 1. The van der Waals surface area contributed by atoms with Crippen LogP contribution < -0.4 is 0 Å². The van der Waals surface area contributed by atoms with Crippen LogP contribution in [0.5, 0.6) is 0 Å². The van der Waals surface area contributed by atoms with Gasteiger partial charge in [-0.3, -0.25) is 4.68 Å². The smallest absolute Gasteiger partial charge is 0.337 e. The van der Waals surface area contributed by atoms with E-state index >= 15 is 0 Å². The second-order valence-corrected chi connectivity index (χ2v) is 4.56. The maximum absolute atomic E-state index is 11.2. The van der Waals surface area contributed by atoms with Crippen LogP contribution in [0.3, 0.4) is 0 Å². The van der Waals surface area contributed by atoms with Gasteiger partial charge in [0.2, 0.25) is 0 Å². The number of nitrogens with zero attached hydrogens (tertiary/aromatic N) is 4. The first-order valence-corrected chi connectivity index (χ1v) is 6.33. The Morgan fingerprint density at radius 3 is 2.85 bits per heavy atom. The Kier molecular flexibility index (Phi) is 2.98. The fraction of sp³-hybridized carbons (Fsp3) is 0.214. The molecule has 0 saturated carbocycles. The summed E-state index contributed by atoms with van der Waals surface area (Å²) in [4.78, 5) is 15.6. The van der Waals surface area contributed by atoms with E-state index in [0.717, 1.165) is 17.9 Å². The van der Waals surface area contributed by atoms with E-state index in [1.165, 1.54) is 0 Å². The highest BCUT2D eigenvalue weighted by molar-refractivity contribution is 6.01. The molecule has 0 unspecified atom stereocenters. The van der Waals surface area contributed by atoms with Gasteiger partial charge in [0.1, 0.15) is 11.3 Å². The number of hydrogen-bond donors (Lipinski definition) is 1. The van der Waals surface area contributed by atoms with Crippen LogP contribution in [0.25, 0.3) is 11.0 Å². The number of imidazole rings is 1. The molecule has 0 saturated heterocycles. The molecule has 0 fully saturated rings. The van der Waals surface area contributed by atoms with E-state index in [2.05, 4.69) is 10.1 Å². The van der Waals surface area contributed by atoms with E-state index in [0.29, 0.717) is 12.1 Å². The van der Waals surface area contributed by atoms with Crippen LogP contribution in [-0.4, -0.2) is 30.4 Å². The van der Waals surface area contributed by atoms with Gasteiger partial charge in [0.15, 0.2) is 0 Å². The second kappa shape index (κ2) is 4.80. The SMILES string of the molecule is Cc1nc2c(C(=O)O)cccc2n1CCn1cccn1. The fourth-order valence-corrected chi connectivity index (χ4v) is 2.35. The van der Waals surface area contributed by atoms with Crippen molar-refractivity contribution in [3.63, 3.8) is 0 Å². The van der Waals surface area contributed by atoms with Gasteiger partial charge in [-0.15, -0.1) is 0 Å². The van der Waals surface area contributed by atoms with Gasteiger partial charge < -0.3 is 9.67 Å². The molecule has 0 amide bonds. The minimum absolute atomic E-state index is 0.239. The normalized spacial score (nSPS) is 11.1. The molecule has 20 heavy (non-hydrogen) atoms. The monoisotopic (exact) mass is 270 g/mol. The van der Waals surface area contributed by atoms with Crippen LogP contribution in [0.4, 0.5) is 0 Å². The summed E-state index contributed by atoms with van der Waals surface area (Å²) >= 11 is 0. The summed E-state index contributed by atoms with van der Waals surface area (Å²) in [6, 6.07) is 7.10. The van der Waals surface area contributed by atoms with E-state index < -0.39 is 5.97 Å². The molecule has 6 heteroatoms. The Morgan fingerprint density at radius 2 is 2.15 bits per heavy atom. The van der Waals surface area contributed by atoms with Crippen LogP contribution in [-0.2, 0) is 13.1 Å². The molecular formula is C14H14N4O2. The number of aromatic nitrogens is 4. The Balaban J connectivity index is 2.00. The van der Waals surface area contributed by atoms with Crippen molar-refractivity contribution in [1.29, 1.82) is 0 Å². The van der Waals surface area contributed by atoms with Crippen molar-refractivity contribution < 1.29 is 9.90 Å². The van der Waals surface area contributed by atoms with Gasteiger partial charge in [0, 0.05) is 18.9 Å². The maximum Gasteiger partial charge on any atom is 0.337 e. The van der Waals surface area contributed by atoms with Crippen molar-refractivity contribution in [2.45, 2.75) is 20.0 Å². The third kappa shape index (κ3) is 2.05. The average Bonchev–Trinajstić information content (AvgIpc) is 3.02. The van der Waals surface area contributed by atoms with E-state index in [-0.39, 0.29) is 5.56 Å². The molecule has 0 aliphatic rings. The Morgan fingerprint density at radius 1 is 1.30 bits per heavy atom. The molecule has 0 aliphatic carbocycles. The topological polar surface area (TPSA) is 72.9 Å². The number of benzene rings is 1. The van der Waals surface area contributed by atoms with Crippen molar-refractivity contribution in [3.05, 3.63) is 48.0 Å². The summed E-state index contributed by atoms with van der Waals surface area (Å²) in [5.41, 5.74) is 1.62. The number of aromatic carboxylic acids is 1. The third-order valence-electron chi connectivity index (χ3n) is 3.31. The predicted molar refractivity (Wildman–Crippen MR) is 73.7 cm³/mol. The summed E-state index contributed by atoms with van der Waals surface area (Å²) in [7, 11) is 0. The number of carbonyl (C=O) groups is 1. The minimum atomic E-state index is -0.952. The molecule has 0 atom stereocenters. The van der Waals surface area contributed by atoms with Gasteiger partial charge in [-0.1, -0.05) is 6.07 Å². The molecular weight excluding hydrogens is 256 g/mol. The molecule has 6 nitrogen and oxygen atoms in total. The first-order valence-electron chi connectivity index (χ1n) is 6.33. The van der Waals surface area contributed by atoms with Gasteiger partial charge in [-0.2, -0.15) is 5.10 Å². The highest BCUT2D eigenvalue weighted by atomic mass is 16.4. The minimum Gasteiger partial charge on any atom is -0.478 e. The van der Waals surface area contributed by atoms with Gasteiger partial charge >= 0.3 is 5.97 Å². The van der Waals surface area contributed by atoms with Crippen molar-refractivity contribution in [1.82, 2.24) is 19.3 Å². The van der Waals surface area contributed by atoms with Crippen LogP contribution >= 0.6 is 0 Å². The van der Waals surface area contributed by atoms with Gasteiger partial charge in [0.25, 0.3) is 0 Å². The number of aryl methyl sites for hydroxylation is 3. The molecule has 2 aromatic heterocycles. The Labute approximate surface area is 115 Å². The number of carboxylic acids is 1. The molecule has 3 rings (SSSR count). The van der Waals surface area contributed by atoms with E-state index in [9.17, 15) is 9.90 Å². The zero-order chi connectivity index (χ0) is 14.1. The van der Waals surface area contributed by atoms with Crippen molar-refractivity contribution in [2.75, 3.05) is 0 Å². The lowest BCUT2D eigenvalue weighted by Gasteiger charge is -2.07. The Bertz CT molecular complexity index is 759. The summed E-state index contributed by atoms with van der Waals surface area (Å²) in [6.07, 6.45) is 3.64. The average molecular weight is 270 g/mol. The molecule has 0 aliphatic heterocycles. The van der Waals surface area contributed by atoms with E-state index in [1.807, 2.05) is 34.5 Å². The first-order chi connectivity index (χ1) is 9.66. The molecule has 1 aromatic carbocycles. The lowest BCUT2D eigenvalue weighted by Crippen LogP contribution is -2.09. The maximum atomic E-state index is 11.2. The largest absolute Gasteiger partial charge is 0.478 e. The van der Waals surface area contributed by atoms with Crippen LogP contribution in [0.1, 0.15) is 16.2 Å². The molecule has 2 heterocycles. The number of hydrogen-bond acceptors (Lipinski definition) is 3. The zero-order valence-corrected chi connectivity index (χ0v) is 11.0. The summed E-state index contributed by atoms with van der Waals surface area (Å²) in [5.74, 6) is -0.145. The number of rotatable bonds is 4. The third-order valence-corrected chi connectivity index (χ3v) is 3.31. The summed E-state index contributed by atoms with van der Waals surface area (Å²) in [6.45, 7) is 3.30. The van der Waals surface area contributed by atoms with Crippen LogP contribution in [0.15, 0.2) is 36.7 Å². The van der Waals surface area contributed by atoms with Crippen molar-refractivity contribution in [3.8, 4) is 0 Å².